The summed E-state index contributed by atoms with van der Waals surface area (Å²) in [4.78, 5) is 0. The molecule has 0 unspecified atom stereocenters. The van der Waals surface area contributed by atoms with Crippen LogP contribution in [0.25, 0.3) is 0 Å². The van der Waals surface area contributed by atoms with Gasteiger partial charge in [0.2, 0.25) is 0 Å². The fraction of sp³-hybridized carbons (Fsp3) is 1.00. The molecule has 7 heteroatoms. The van der Waals surface area contributed by atoms with Crippen LogP contribution in [0.5, 0.6) is 0 Å². The van der Waals surface area contributed by atoms with Crippen molar-refractivity contribution >= 4 is 0 Å². The molecule has 1 spiro atoms. The van der Waals surface area contributed by atoms with E-state index < -0.39 is 57.1 Å². The maximum atomic E-state index is 12.5. The lowest BCUT2D eigenvalue weighted by Crippen LogP contribution is -2.75. The van der Waals surface area contributed by atoms with E-state index in [0.29, 0.717) is 12.8 Å². The fourth-order valence-corrected chi connectivity index (χ4v) is 9.09. The minimum absolute atomic E-state index is 0.0672. The summed E-state index contributed by atoms with van der Waals surface area (Å²) in [6.07, 6.45) is -0.996. The highest BCUT2D eigenvalue weighted by atomic mass is 16.7. The molecule has 0 aromatic carbocycles. The molecule has 4 aliphatic carbocycles. The molecule has 6 rings (SSSR count). The van der Waals surface area contributed by atoms with Gasteiger partial charge in [-0.15, -0.1) is 0 Å². The smallest absolute Gasteiger partial charge is 0.178 e. The largest absolute Gasteiger partial charge is 0.390 e. The molecule has 2 heterocycles. The third-order valence-corrected chi connectivity index (χ3v) is 10.3. The zero-order valence-corrected chi connectivity index (χ0v) is 17.6. The van der Waals surface area contributed by atoms with Crippen LogP contribution in [-0.4, -0.2) is 73.0 Å². The molecule has 6 bridgehead atoms. The van der Waals surface area contributed by atoms with Gasteiger partial charge in [-0.1, -0.05) is 27.7 Å². The predicted molar refractivity (Wildman–Crippen MR) is 98.0 cm³/mol. The molecule has 2 saturated heterocycles. The summed E-state index contributed by atoms with van der Waals surface area (Å²) in [5, 5.41) is 59.8. The first-order chi connectivity index (χ1) is 12.7. The van der Waals surface area contributed by atoms with Crippen molar-refractivity contribution in [3.8, 4) is 0 Å². The van der Waals surface area contributed by atoms with Crippen molar-refractivity contribution in [2.45, 2.75) is 94.3 Å². The molecule has 6 fully saturated rings. The van der Waals surface area contributed by atoms with Crippen molar-refractivity contribution < 1.29 is 35.0 Å². The van der Waals surface area contributed by atoms with Crippen molar-refractivity contribution in [3.05, 3.63) is 0 Å². The molecule has 2 aliphatic heterocycles. The number of hydrogen-bond donors (Lipinski definition) is 5. The highest BCUT2D eigenvalue weighted by Crippen LogP contribution is 2.89. The Balaban J connectivity index is 1.92. The van der Waals surface area contributed by atoms with Crippen molar-refractivity contribution in [3.63, 3.8) is 0 Å². The van der Waals surface area contributed by atoms with Crippen LogP contribution in [0.3, 0.4) is 0 Å². The van der Waals surface area contributed by atoms with Gasteiger partial charge < -0.3 is 35.0 Å². The summed E-state index contributed by atoms with van der Waals surface area (Å²) < 4.78 is 12.1. The molecule has 0 aromatic heterocycles. The lowest BCUT2D eigenvalue weighted by Gasteiger charge is -2.60. The van der Waals surface area contributed by atoms with Crippen molar-refractivity contribution in [1.82, 2.24) is 0 Å². The zero-order chi connectivity index (χ0) is 20.9. The van der Waals surface area contributed by atoms with Gasteiger partial charge >= 0.3 is 0 Å². The van der Waals surface area contributed by atoms with Crippen LogP contribution in [0, 0.1) is 28.6 Å². The second-order valence-electron chi connectivity index (χ2n) is 11.0. The quantitative estimate of drug-likeness (QED) is 0.449. The average molecular weight is 398 g/mol. The molecule has 0 aromatic rings. The molecule has 0 radical (unpaired) electrons. The minimum atomic E-state index is -1.90. The molecular formula is C21H34O7. The number of hydrogen-bond acceptors (Lipinski definition) is 7. The predicted octanol–water partition coefficient (Wildman–Crippen LogP) is 0.159. The van der Waals surface area contributed by atoms with E-state index in [9.17, 15) is 25.5 Å². The Morgan fingerprint density at radius 1 is 1.11 bits per heavy atom. The van der Waals surface area contributed by atoms with E-state index in [0.717, 1.165) is 0 Å². The standard InChI is InChI=1S/C21H34O7/c1-10(2)19(25)14(27-6)12-15(4)9-18(24)16(19,5)20(12,26)21(28-18)13(22)11(3)7-8-17(15,21)23/h10-14,22-26H,7-9H2,1-6H3/t11-,12-,13+,14+,15+,16-,17-,18+,19+,20-,21+/m0/s1. The molecule has 6 aliphatic rings. The molecule has 4 saturated carbocycles. The Bertz CT molecular complexity index is 759. The Kier molecular flexibility index (Phi) is 3.26. The second kappa shape index (κ2) is 4.64. The molecule has 0 amide bonds. The Hall–Kier alpha value is -0.280. The zero-order valence-electron chi connectivity index (χ0n) is 17.6. The fourth-order valence-electron chi connectivity index (χ4n) is 9.09. The first-order valence-electron chi connectivity index (χ1n) is 10.5. The molecular weight excluding hydrogens is 364 g/mol. The van der Waals surface area contributed by atoms with E-state index in [2.05, 4.69) is 0 Å². The van der Waals surface area contributed by atoms with Gasteiger partial charge in [-0.3, -0.25) is 0 Å². The van der Waals surface area contributed by atoms with Gasteiger partial charge in [0.05, 0.1) is 17.6 Å². The molecule has 160 valence electrons. The van der Waals surface area contributed by atoms with Crippen LogP contribution in [0.15, 0.2) is 0 Å². The third kappa shape index (κ3) is 1.26. The summed E-state index contributed by atoms with van der Waals surface area (Å²) in [6.45, 7) is 9.02. The van der Waals surface area contributed by atoms with E-state index in [1.54, 1.807) is 6.92 Å². The SMILES string of the molecule is CO[C@@H]1[C@@H]2[C@@]3(O)[C@]45O[C@](O)(C[C@@]2(C)[C@@]4(O)CC[C@H](C)[C@H]5O)[C@@]3(C)[C@@]1(O)C(C)C. The van der Waals surface area contributed by atoms with Gasteiger partial charge in [0.25, 0.3) is 0 Å². The monoisotopic (exact) mass is 398 g/mol. The highest BCUT2D eigenvalue weighted by molar-refractivity contribution is 5.51. The minimum Gasteiger partial charge on any atom is -0.390 e. The summed E-state index contributed by atoms with van der Waals surface area (Å²) in [7, 11) is 1.50. The summed E-state index contributed by atoms with van der Waals surface area (Å²) in [5.41, 5.74) is -9.33. The Morgan fingerprint density at radius 2 is 1.71 bits per heavy atom. The van der Waals surface area contributed by atoms with E-state index >= 15 is 0 Å². The van der Waals surface area contributed by atoms with Crippen molar-refractivity contribution in [2.24, 2.45) is 28.6 Å². The van der Waals surface area contributed by atoms with Gasteiger partial charge in [-0.2, -0.15) is 0 Å². The van der Waals surface area contributed by atoms with Crippen molar-refractivity contribution in [2.75, 3.05) is 7.11 Å². The van der Waals surface area contributed by atoms with E-state index in [-0.39, 0.29) is 18.3 Å². The van der Waals surface area contributed by atoms with Gasteiger partial charge in [0, 0.05) is 24.9 Å². The maximum Gasteiger partial charge on any atom is 0.178 e. The Morgan fingerprint density at radius 3 is 2.25 bits per heavy atom. The van der Waals surface area contributed by atoms with Gasteiger partial charge in [0.15, 0.2) is 11.4 Å². The number of rotatable bonds is 2. The molecule has 5 N–H and O–H groups in total. The number of ether oxygens (including phenoxy) is 2. The van der Waals surface area contributed by atoms with Crippen LogP contribution in [0.4, 0.5) is 0 Å². The van der Waals surface area contributed by atoms with Crippen LogP contribution < -0.4 is 0 Å². The van der Waals surface area contributed by atoms with Crippen LogP contribution in [0.2, 0.25) is 0 Å². The number of aliphatic hydroxyl groups is 5. The third-order valence-electron chi connectivity index (χ3n) is 10.3. The summed E-state index contributed by atoms with van der Waals surface area (Å²) >= 11 is 0. The average Bonchev–Trinajstić information content (AvgIpc) is 2.87. The highest BCUT2D eigenvalue weighted by Gasteiger charge is 3.05. The molecule has 7 nitrogen and oxygen atoms in total. The maximum absolute atomic E-state index is 12.5. The molecule has 28 heavy (non-hydrogen) atoms. The summed E-state index contributed by atoms with van der Waals surface area (Å²) in [5.74, 6) is -3.19. The Labute approximate surface area is 165 Å². The first-order valence-corrected chi connectivity index (χ1v) is 10.5. The number of methoxy groups -OCH3 is 1. The van der Waals surface area contributed by atoms with Gasteiger partial charge in [0.1, 0.15) is 16.8 Å². The number of aliphatic hydroxyl groups excluding tert-OH is 1. The summed E-state index contributed by atoms with van der Waals surface area (Å²) in [6, 6.07) is 0. The first kappa shape index (κ1) is 19.7. The van der Waals surface area contributed by atoms with E-state index in [1.807, 2.05) is 27.7 Å². The topological polar surface area (TPSA) is 120 Å². The second-order valence-corrected chi connectivity index (χ2v) is 11.0. The normalized spacial score (nSPS) is 69.4. The van der Waals surface area contributed by atoms with E-state index in [1.165, 1.54) is 7.11 Å². The lowest BCUT2D eigenvalue weighted by molar-refractivity contribution is -0.385. The van der Waals surface area contributed by atoms with Gasteiger partial charge in [-0.05, 0) is 31.6 Å². The van der Waals surface area contributed by atoms with Crippen LogP contribution in [-0.2, 0) is 9.47 Å². The molecule has 11 atom stereocenters. The lowest BCUT2D eigenvalue weighted by atomic mass is 9.54. The van der Waals surface area contributed by atoms with Crippen LogP contribution in [0.1, 0.15) is 53.9 Å². The van der Waals surface area contributed by atoms with E-state index in [4.69, 9.17) is 9.47 Å². The van der Waals surface area contributed by atoms with Crippen molar-refractivity contribution in [1.29, 1.82) is 0 Å². The van der Waals surface area contributed by atoms with Crippen LogP contribution >= 0.6 is 0 Å². The van der Waals surface area contributed by atoms with Gasteiger partial charge in [-0.25, -0.2) is 0 Å².